The highest BCUT2D eigenvalue weighted by Crippen LogP contribution is 2.31. The summed E-state index contributed by atoms with van der Waals surface area (Å²) in [5.41, 5.74) is 2.24. The Kier molecular flexibility index (Phi) is 5.44. The van der Waals surface area contributed by atoms with Crippen molar-refractivity contribution in [3.63, 3.8) is 0 Å². The van der Waals surface area contributed by atoms with Crippen LogP contribution in [0.3, 0.4) is 0 Å². The minimum absolute atomic E-state index is 0.0143. The summed E-state index contributed by atoms with van der Waals surface area (Å²) >= 11 is 0. The van der Waals surface area contributed by atoms with E-state index in [-0.39, 0.29) is 21.9 Å². The molecule has 26 heavy (non-hydrogen) atoms. The molecule has 0 aromatic heterocycles. The number of primary sulfonamides is 1. The number of anilines is 1. The van der Waals surface area contributed by atoms with E-state index in [1.165, 1.54) is 19.2 Å². The molecule has 0 saturated carbocycles. The summed E-state index contributed by atoms with van der Waals surface area (Å²) < 4.78 is 28.7. The Bertz CT molecular complexity index is 927. The van der Waals surface area contributed by atoms with Crippen LogP contribution in [0.2, 0.25) is 0 Å². The van der Waals surface area contributed by atoms with Gasteiger partial charge < -0.3 is 10.1 Å². The minimum Gasteiger partial charge on any atom is -0.495 e. The van der Waals surface area contributed by atoms with Crippen LogP contribution in [0.5, 0.6) is 5.75 Å². The number of amides is 1. The number of ether oxygens (including phenoxy) is 1. The van der Waals surface area contributed by atoms with Crippen molar-refractivity contribution in [2.45, 2.75) is 38.0 Å². The Morgan fingerprint density at radius 3 is 2.15 bits per heavy atom. The van der Waals surface area contributed by atoms with E-state index in [0.717, 1.165) is 5.56 Å². The van der Waals surface area contributed by atoms with Crippen molar-refractivity contribution in [2.24, 2.45) is 5.14 Å². The molecule has 2 aromatic rings. The van der Waals surface area contributed by atoms with Crippen LogP contribution in [0, 0.1) is 6.92 Å². The van der Waals surface area contributed by atoms with Gasteiger partial charge in [0.15, 0.2) is 0 Å². The molecule has 0 spiro atoms. The molecule has 2 rings (SSSR count). The molecule has 0 bridgehead atoms. The maximum atomic E-state index is 12.5. The summed E-state index contributed by atoms with van der Waals surface area (Å²) in [4.78, 5) is 12.5. The van der Waals surface area contributed by atoms with Gasteiger partial charge in [-0.1, -0.05) is 32.9 Å². The first-order valence-corrected chi connectivity index (χ1v) is 9.61. The van der Waals surface area contributed by atoms with Gasteiger partial charge in [0.05, 0.1) is 17.7 Å². The standard InChI is InChI=1S/C19H24N2O4S/c1-12-10-16(25-5)15(11-17(12)26(20,23)24)21-18(22)13-6-8-14(9-7-13)19(2,3)4/h6-11H,1-5H3,(H,21,22)(H2,20,23,24). The number of aryl methyl sites for hydroxylation is 1. The van der Waals surface area contributed by atoms with Crippen molar-refractivity contribution in [1.29, 1.82) is 0 Å². The van der Waals surface area contributed by atoms with Crippen molar-refractivity contribution in [3.8, 4) is 5.75 Å². The smallest absolute Gasteiger partial charge is 0.255 e. The van der Waals surface area contributed by atoms with E-state index in [4.69, 9.17) is 9.88 Å². The summed E-state index contributed by atoms with van der Waals surface area (Å²) in [5, 5.41) is 7.93. The number of rotatable bonds is 4. The third-order valence-corrected chi connectivity index (χ3v) is 5.12. The molecule has 1 amide bonds. The molecular weight excluding hydrogens is 352 g/mol. The zero-order valence-corrected chi connectivity index (χ0v) is 16.4. The van der Waals surface area contributed by atoms with E-state index in [9.17, 15) is 13.2 Å². The third-order valence-electron chi connectivity index (χ3n) is 4.06. The van der Waals surface area contributed by atoms with Crippen LogP contribution >= 0.6 is 0 Å². The number of carbonyl (C=O) groups is 1. The summed E-state index contributed by atoms with van der Waals surface area (Å²) in [6, 6.07) is 10.1. The topological polar surface area (TPSA) is 98.5 Å². The lowest BCUT2D eigenvalue weighted by molar-refractivity contribution is 0.102. The molecule has 0 saturated heterocycles. The summed E-state index contributed by atoms with van der Waals surface area (Å²) in [6.07, 6.45) is 0. The second-order valence-corrected chi connectivity index (χ2v) is 8.67. The fourth-order valence-electron chi connectivity index (χ4n) is 2.55. The molecule has 6 nitrogen and oxygen atoms in total. The second kappa shape index (κ2) is 7.09. The summed E-state index contributed by atoms with van der Waals surface area (Å²) in [6.45, 7) is 7.88. The van der Waals surface area contributed by atoms with Gasteiger partial charge in [-0.05, 0) is 47.7 Å². The zero-order valence-electron chi connectivity index (χ0n) is 15.6. The number of carbonyl (C=O) groups excluding carboxylic acids is 1. The van der Waals surface area contributed by atoms with Gasteiger partial charge in [-0.2, -0.15) is 0 Å². The Balaban J connectivity index is 2.36. The van der Waals surface area contributed by atoms with Gasteiger partial charge >= 0.3 is 0 Å². The molecule has 0 heterocycles. The maximum Gasteiger partial charge on any atom is 0.255 e. The van der Waals surface area contributed by atoms with Crippen LogP contribution in [-0.2, 0) is 15.4 Å². The molecule has 0 unspecified atom stereocenters. The SMILES string of the molecule is COc1cc(C)c(S(N)(=O)=O)cc1NC(=O)c1ccc(C(C)(C)C)cc1. The molecule has 0 atom stereocenters. The van der Waals surface area contributed by atoms with Crippen LogP contribution in [0.1, 0.15) is 42.3 Å². The van der Waals surface area contributed by atoms with Gasteiger partial charge in [0.1, 0.15) is 5.75 Å². The molecule has 0 aliphatic carbocycles. The van der Waals surface area contributed by atoms with E-state index >= 15 is 0 Å². The Morgan fingerprint density at radius 1 is 1.12 bits per heavy atom. The second-order valence-electron chi connectivity index (χ2n) is 7.14. The number of sulfonamides is 1. The first kappa shape index (κ1) is 19.9. The average Bonchev–Trinajstić information content (AvgIpc) is 2.54. The molecule has 0 fully saturated rings. The normalized spacial score (nSPS) is 11.9. The van der Waals surface area contributed by atoms with Crippen molar-refractivity contribution in [1.82, 2.24) is 0 Å². The first-order valence-electron chi connectivity index (χ1n) is 8.07. The molecule has 2 aromatic carbocycles. The van der Waals surface area contributed by atoms with Crippen LogP contribution in [0.15, 0.2) is 41.3 Å². The third kappa shape index (κ3) is 4.42. The Morgan fingerprint density at radius 2 is 1.69 bits per heavy atom. The van der Waals surface area contributed by atoms with Crippen LogP contribution in [0.4, 0.5) is 5.69 Å². The predicted molar refractivity (Wildman–Crippen MR) is 102 cm³/mol. The fraction of sp³-hybridized carbons (Fsp3) is 0.316. The van der Waals surface area contributed by atoms with E-state index in [0.29, 0.717) is 16.9 Å². The number of benzene rings is 2. The lowest BCUT2D eigenvalue weighted by Crippen LogP contribution is -2.17. The number of hydrogen-bond acceptors (Lipinski definition) is 4. The first-order chi connectivity index (χ1) is 11.9. The highest BCUT2D eigenvalue weighted by atomic mass is 32.2. The van der Waals surface area contributed by atoms with Gasteiger partial charge in [0.2, 0.25) is 10.0 Å². The van der Waals surface area contributed by atoms with Crippen molar-refractivity contribution >= 4 is 21.6 Å². The van der Waals surface area contributed by atoms with Gasteiger partial charge in [-0.15, -0.1) is 0 Å². The highest BCUT2D eigenvalue weighted by molar-refractivity contribution is 7.89. The van der Waals surface area contributed by atoms with E-state index in [1.54, 1.807) is 19.1 Å². The predicted octanol–water partition coefficient (Wildman–Crippen LogP) is 3.20. The largest absolute Gasteiger partial charge is 0.495 e. The number of methoxy groups -OCH3 is 1. The lowest BCUT2D eigenvalue weighted by Gasteiger charge is -2.19. The van der Waals surface area contributed by atoms with Crippen LogP contribution < -0.4 is 15.2 Å². The van der Waals surface area contributed by atoms with Gasteiger partial charge in [0, 0.05) is 5.56 Å². The monoisotopic (exact) mass is 376 g/mol. The molecule has 0 aliphatic heterocycles. The fourth-order valence-corrected chi connectivity index (χ4v) is 3.34. The van der Waals surface area contributed by atoms with E-state index in [2.05, 4.69) is 26.1 Å². The minimum atomic E-state index is -3.91. The Hall–Kier alpha value is -2.38. The van der Waals surface area contributed by atoms with Gasteiger partial charge in [-0.25, -0.2) is 13.6 Å². The average molecular weight is 376 g/mol. The van der Waals surface area contributed by atoms with Crippen molar-refractivity contribution < 1.29 is 17.9 Å². The molecule has 0 aliphatic rings. The zero-order chi connectivity index (χ0) is 19.7. The van der Waals surface area contributed by atoms with Crippen LogP contribution in [0.25, 0.3) is 0 Å². The molecule has 140 valence electrons. The molecular formula is C19H24N2O4S. The number of nitrogens with one attached hydrogen (secondary N) is 1. The van der Waals surface area contributed by atoms with Crippen LogP contribution in [-0.4, -0.2) is 21.4 Å². The molecule has 0 radical (unpaired) electrons. The molecule has 7 heteroatoms. The van der Waals surface area contributed by atoms with Crippen molar-refractivity contribution in [2.75, 3.05) is 12.4 Å². The van der Waals surface area contributed by atoms with Gasteiger partial charge in [-0.3, -0.25) is 4.79 Å². The summed E-state index contributed by atoms with van der Waals surface area (Å²) in [5.74, 6) is -0.0115. The summed E-state index contributed by atoms with van der Waals surface area (Å²) in [7, 11) is -2.47. The Labute approximate surface area is 154 Å². The lowest BCUT2D eigenvalue weighted by atomic mass is 9.87. The number of nitrogens with two attached hydrogens (primary N) is 1. The maximum absolute atomic E-state index is 12.5. The number of hydrogen-bond donors (Lipinski definition) is 2. The van der Waals surface area contributed by atoms with E-state index in [1.807, 2.05) is 12.1 Å². The van der Waals surface area contributed by atoms with Gasteiger partial charge in [0.25, 0.3) is 5.91 Å². The van der Waals surface area contributed by atoms with E-state index < -0.39 is 10.0 Å². The highest BCUT2D eigenvalue weighted by Gasteiger charge is 2.19. The van der Waals surface area contributed by atoms with Crippen molar-refractivity contribution in [3.05, 3.63) is 53.1 Å². The molecule has 3 N–H and O–H groups in total. The quantitative estimate of drug-likeness (QED) is 0.856.